The summed E-state index contributed by atoms with van der Waals surface area (Å²) in [7, 11) is 0. The first-order valence-corrected chi connectivity index (χ1v) is 6.31. The van der Waals surface area contributed by atoms with E-state index in [1.54, 1.807) is 12.1 Å². The van der Waals surface area contributed by atoms with Crippen LogP contribution in [0.25, 0.3) is 6.08 Å². The van der Waals surface area contributed by atoms with Gasteiger partial charge in [0.05, 0.1) is 13.2 Å². The monoisotopic (exact) mass is 278 g/mol. The van der Waals surface area contributed by atoms with Crippen LogP contribution in [0.1, 0.15) is 12.0 Å². The number of benzene rings is 1. The molecule has 0 saturated carbocycles. The quantitative estimate of drug-likeness (QED) is 0.845. The van der Waals surface area contributed by atoms with Gasteiger partial charge in [-0.2, -0.15) is 0 Å². The number of ether oxygens (including phenoxy) is 4. The summed E-state index contributed by atoms with van der Waals surface area (Å²) in [4.78, 5) is 10.7. The van der Waals surface area contributed by atoms with Gasteiger partial charge in [0.15, 0.2) is 11.5 Å². The number of fused-ring (bicyclic) bond motifs is 1. The van der Waals surface area contributed by atoms with E-state index < -0.39 is 5.97 Å². The van der Waals surface area contributed by atoms with Crippen molar-refractivity contribution in [2.24, 2.45) is 0 Å². The smallest absolute Gasteiger partial charge is 0.328 e. The summed E-state index contributed by atoms with van der Waals surface area (Å²) >= 11 is 0. The van der Waals surface area contributed by atoms with Gasteiger partial charge in [0, 0.05) is 24.1 Å². The van der Waals surface area contributed by atoms with Crippen molar-refractivity contribution < 1.29 is 28.8 Å². The molecular weight excluding hydrogens is 264 g/mol. The van der Waals surface area contributed by atoms with Crippen molar-refractivity contribution in [3.63, 3.8) is 0 Å². The molecule has 1 N–H and O–H groups in total. The van der Waals surface area contributed by atoms with Gasteiger partial charge in [-0.15, -0.1) is 0 Å². The van der Waals surface area contributed by atoms with E-state index in [-0.39, 0.29) is 12.9 Å². The highest BCUT2D eigenvalue weighted by atomic mass is 16.7. The molecule has 20 heavy (non-hydrogen) atoms. The Morgan fingerprint density at radius 3 is 2.85 bits per heavy atom. The lowest BCUT2D eigenvalue weighted by Crippen LogP contribution is -2.16. The second-order valence-corrected chi connectivity index (χ2v) is 4.52. The maximum atomic E-state index is 10.7. The Hall–Kier alpha value is -2.21. The van der Waals surface area contributed by atoms with Crippen molar-refractivity contribution in [2.75, 3.05) is 20.0 Å². The first-order chi connectivity index (χ1) is 9.72. The fourth-order valence-electron chi connectivity index (χ4n) is 2.12. The highest BCUT2D eigenvalue weighted by molar-refractivity contribution is 5.86. The van der Waals surface area contributed by atoms with Crippen LogP contribution in [0.15, 0.2) is 18.2 Å². The molecule has 1 saturated heterocycles. The standard InChI is InChI=1S/C14H14O6/c15-14(16)2-1-9-5-12-13(19-8-18-12)6-11(9)20-10-3-4-17-7-10/h1-2,5-6,10H,3-4,7-8H2,(H,15,16). The molecule has 0 aliphatic carbocycles. The minimum Gasteiger partial charge on any atom is -0.487 e. The molecule has 1 aromatic rings. The molecule has 2 aliphatic rings. The topological polar surface area (TPSA) is 74.2 Å². The zero-order valence-electron chi connectivity index (χ0n) is 10.7. The third-order valence-corrected chi connectivity index (χ3v) is 3.09. The third-order valence-electron chi connectivity index (χ3n) is 3.09. The van der Waals surface area contributed by atoms with Crippen molar-refractivity contribution in [3.8, 4) is 17.2 Å². The molecule has 0 spiro atoms. The van der Waals surface area contributed by atoms with Crippen molar-refractivity contribution >= 4 is 12.0 Å². The van der Waals surface area contributed by atoms with Gasteiger partial charge in [-0.25, -0.2) is 4.79 Å². The maximum absolute atomic E-state index is 10.7. The molecule has 1 fully saturated rings. The first kappa shape index (κ1) is 12.8. The number of aliphatic carboxylic acids is 1. The van der Waals surface area contributed by atoms with Crippen LogP contribution in [0.5, 0.6) is 17.2 Å². The van der Waals surface area contributed by atoms with Crippen molar-refractivity contribution in [3.05, 3.63) is 23.8 Å². The van der Waals surface area contributed by atoms with Gasteiger partial charge in [-0.3, -0.25) is 0 Å². The lowest BCUT2D eigenvalue weighted by atomic mass is 10.1. The van der Waals surface area contributed by atoms with E-state index in [1.807, 2.05) is 0 Å². The Morgan fingerprint density at radius 2 is 2.15 bits per heavy atom. The first-order valence-electron chi connectivity index (χ1n) is 6.31. The Labute approximate surface area is 115 Å². The summed E-state index contributed by atoms with van der Waals surface area (Å²) in [6, 6.07) is 3.44. The third kappa shape index (κ3) is 2.70. The second-order valence-electron chi connectivity index (χ2n) is 4.52. The fourth-order valence-corrected chi connectivity index (χ4v) is 2.12. The van der Waals surface area contributed by atoms with E-state index in [4.69, 9.17) is 24.1 Å². The number of rotatable bonds is 4. The number of hydrogen-bond donors (Lipinski definition) is 1. The molecule has 2 aliphatic heterocycles. The molecule has 0 amide bonds. The van der Waals surface area contributed by atoms with Gasteiger partial charge >= 0.3 is 5.97 Å². The van der Waals surface area contributed by atoms with E-state index in [0.29, 0.717) is 36.0 Å². The van der Waals surface area contributed by atoms with Crippen LogP contribution in [0.2, 0.25) is 0 Å². The molecule has 2 heterocycles. The molecule has 0 aromatic heterocycles. The largest absolute Gasteiger partial charge is 0.487 e. The van der Waals surface area contributed by atoms with Crippen LogP contribution in [-0.4, -0.2) is 37.2 Å². The Balaban J connectivity index is 1.90. The molecule has 3 rings (SSSR count). The van der Waals surface area contributed by atoms with Crippen molar-refractivity contribution in [1.82, 2.24) is 0 Å². The molecule has 1 unspecified atom stereocenters. The van der Waals surface area contributed by atoms with Crippen LogP contribution in [0.4, 0.5) is 0 Å². The van der Waals surface area contributed by atoms with Crippen LogP contribution in [0, 0.1) is 0 Å². The van der Waals surface area contributed by atoms with Gasteiger partial charge in [0.2, 0.25) is 6.79 Å². The zero-order chi connectivity index (χ0) is 13.9. The molecule has 106 valence electrons. The normalized spacial score (nSPS) is 20.5. The summed E-state index contributed by atoms with van der Waals surface area (Å²) in [5.74, 6) is 0.747. The molecule has 6 nitrogen and oxygen atoms in total. The van der Waals surface area contributed by atoms with Gasteiger partial charge in [0.25, 0.3) is 0 Å². The van der Waals surface area contributed by atoms with Crippen molar-refractivity contribution in [1.29, 1.82) is 0 Å². The molecule has 1 aromatic carbocycles. The number of carboxylic acid groups (broad SMARTS) is 1. The molecule has 0 bridgehead atoms. The van der Waals surface area contributed by atoms with Crippen LogP contribution < -0.4 is 14.2 Å². The van der Waals surface area contributed by atoms with Crippen LogP contribution in [0.3, 0.4) is 0 Å². The highest BCUT2D eigenvalue weighted by Gasteiger charge is 2.22. The SMILES string of the molecule is O=C(O)C=Cc1cc2c(cc1OC1CCOC1)OCO2. The number of carbonyl (C=O) groups is 1. The van der Waals surface area contributed by atoms with Crippen LogP contribution in [-0.2, 0) is 9.53 Å². The summed E-state index contributed by atoms with van der Waals surface area (Å²) in [5, 5.41) is 8.74. The maximum Gasteiger partial charge on any atom is 0.328 e. The molecule has 6 heteroatoms. The van der Waals surface area contributed by atoms with E-state index in [1.165, 1.54) is 6.08 Å². The van der Waals surface area contributed by atoms with Gasteiger partial charge in [0.1, 0.15) is 11.9 Å². The van der Waals surface area contributed by atoms with Gasteiger partial charge in [-0.05, 0) is 12.1 Å². The average molecular weight is 278 g/mol. The lowest BCUT2D eigenvalue weighted by Gasteiger charge is -2.14. The van der Waals surface area contributed by atoms with E-state index in [9.17, 15) is 4.79 Å². The van der Waals surface area contributed by atoms with E-state index >= 15 is 0 Å². The Kier molecular flexibility index (Phi) is 3.47. The Morgan fingerprint density at radius 1 is 1.35 bits per heavy atom. The average Bonchev–Trinajstić information content (AvgIpc) is 3.06. The predicted molar refractivity (Wildman–Crippen MR) is 69.1 cm³/mol. The van der Waals surface area contributed by atoms with E-state index in [0.717, 1.165) is 12.5 Å². The molecular formula is C14H14O6. The predicted octanol–water partition coefficient (Wildman–Crippen LogP) is 1.68. The van der Waals surface area contributed by atoms with Gasteiger partial charge < -0.3 is 24.1 Å². The van der Waals surface area contributed by atoms with E-state index in [2.05, 4.69) is 0 Å². The minimum atomic E-state index is -1.02. The summed E-state index contributed by atoms with van der Waals surface area (Å²) < 4.78 is 21.7. The second kappa shape index (κ2) is 5.42. The summed E-state index contributed by atoms with van der Waals surface area (Å²) in [6.07, 6.45) is 3.34. The lowest BCUT2D eigenvalue weighted by molar-refractivity contribution is -0.131. The number of hydrogen-bond acceptors (Lipinski definition) is 5. The Bertz CT molecular complexity index is 545. The fraction of sp³-hybridized carbons (Fsp3) is 0.357. The molecule has 0 radical (unpaired) electrons. The minimum absolute atomic E-state index is 0.0210. The van der Waals surface area contributed by atoms with Gasteiger partial charge in [-0.1, -0.05) is 0 Å². The van der Waals surface area contributed by atoms with Crippen molar-refractivity contribution in [2.45, 2.75) is 12.5 Å². The highest BCUT2D eigenvalue weighted by Crippen LogP contribution is 2.39. The number of carboxylic acids is 1. The summed E-state index contributed by atoms with van der Waals surface area (Å²) in [5.41, 5.74) is 0.642. The summed E-state index contributed by atoms with van der Waals surface area (Å²) in [6.45, 7) is 1.37. The zero-order valence-corrected chi connectivity index (χ0v) is 10.7. The molecule has 1 atom stereocenters. The van der Waals surface area contributed by atoms with Crippen LogP contribution >= 0.6 is 0 Å².